The number of carboxylic acids is 1. The number of nitrogens with zero attached hydrogens (tertiary/aromatic N) is 2. The van der Waals surface area contributed by atoms with E-state index >= 15 is 0 Å². The smallest absolute Gasteiger partial charge is 0.324 e. The van der Waals surface area contributed by atoms with Gasteiger partial charge in [0, 0.05) is 6.54 Å². The number of carbonyl (C=O) groups is 1. The molecule has 1 saturated heterocycles. The molecule has 1 aromatic heterocycles. The van der Waals surface area contributed by atoms with Crippen LogP contribution in [0.1, 0.15) is 31.2 Å². The quantitative estimate of drug-likeness (QED) is 0.887. The summed E-state index contributed by atoms with van der Waals surface area (Å²) in [4.78, 5) is 11.3. The van der Waals surface area contributed by atoms with Gasteiger partial charge in [-0.25, -0.2) is 8.42 Å². The zero-order valence-corrected chi connectivity index (χ0v) is 11.8. The van der Waals surface area contributed by atoms with Gasteiger partial charge in [0.2, 0.25) is 10.0 Å². The van der Waals surface area contributed by atoms with Gasteiger partial charge in [-0.15, -0.1) is 0 Å². The van der Waals surface area contributed by atoms with Crippen molar-refractivity contribution >= 4 is 16.0 Å². The minimum absolute atomic E-state index is 0.0260. The van der Waals surface area contributed by atoms with Crippen LogP contribution in [-0.4, -0.2) is 41.0 Å². The summed E-state index contributed by atoms with van der Waals surface area (Å²) in [6, 6.07) is 0. The van der Waals surface area contributed by atoms with Crippen molar-refractivity contribution in [1.82, 2.24) is 9.46 Å². The summed E-state index contributed by atoms with van der Waals surface area (Å²) in [6.45, 7) is 4.64. The first-order chi connectivity index (χ1) is 8.71. The number of rotatable bonds is 3. The van der Waals surface area contributed by atoms with Crippen molar-refractivity contribution in [2.45, 2.75) is 44.0 Å². The number of sulfonamides is 1. The highest BCUT2D eigenvalue weighted by Gasteiger charge is 2.50. The molecule has 0 amide bonds. The summed E-state index contributed by atoms with van der Waals surface area (Å²) >= 11 is 0. The van der Waals surface area contributed by atoms with Gasteiger partial charge < -0.3 is 9.63 Å². The van der Waals surface area contributed by atoms with E-state index in [1.165, 1.54) is 20.8 Å². The SMILES string of the molecule is Cc1noc(C)c1S(=O)(=O)N1CCCC1(C)C(=O)O. The number of hydrogen-bond donors (Lipinski definition) is 1. The molecule has 0 aliphatic carbocycles. The number of carboxylic acid groups (broad SMARTS) is 1. The Hall–Kier alpha value is -1.41. The van der Waals surface area contributed by atoms with Gasteiger partial charge in [-0.05, 0) is 33.6 Å². The van der Waals surface area contributed by atoms with Gasteiger partial charge in [0.05, 0.1) is 0 Å². The second-order valence-electron chi connectivity index (χ2n) is 4.91. The Kier molecular flexibility index (Phi) is 3.18. The average Bonchev–Trinajstić information content (AvgIpc) is 2.84. The third-order valence-corrected chi connectivity index (χ3v) is 5.82. The molecule has 0 bridgehead atoms. The van der Waals surface area contributed by atoms with Gasteiger partial charge in [-0.1, -0.05) is 5.16 Å². The minimum atomic E-state index is -3.91. The number of aryl methyl sites for hydroxylation is 2. The lowest BCUT2D eigenvalue weighted by atomic mass is 10.0. The van der Waals surface area contributed by atoms with Crippen molar-refractivity contribution in [2.24, 2.45) is 0 Å². The number of aromatic nitrogens is 1. The Balaban J connectivity index is 2.55. The molecule has 8 heteroatoms. The van der Waals surface area contributed by atoms with E-state index in [2.05, 4.69) is 5.16 Å². The van der Waals surface area contributed by atoms with Crippen LogP contribution >= 0.6 is 0 Å². The van der Waals surface area contributed by atoms with Crippen LogP contribution in [0.2, 0.25) is 0 Å². The van der Waals surface area contributed by atoms with E-state index < -0.39 is 21.5 Å². The molecular weight excluding hydrogens is 272 g/mol. The molecule has 0 aromatic carbocycles. The summed E-state index contributed by atoms with van der Waals surface area (Å²) in [5.41, 5.74) is -1.16. The Labute approximate surface area is 111 Å². The molecule has 0 spiro atoms. The fourth-order valence-corrected chi connectivity index (χ4v) is 4.59. The first kappa shape index (κ1) is 14.0. The fourth-order valence-electron chi connectivity index (χ4n) is 2.49. The van der Waals surface area contributed by atoms with Crippen LogP contribution in [-0.2, 0) is 14.8 Å². The number of aliphatic carboxylic acids is 1. The van der Waals surface area contributed by atoms with Crippen LogP contribution in [0.3, 0.4) is 0 Å². The maximum atomic E-state index is 12.6. The number of hydrogen-bond acceptors (Lipinski definition) is 5. The minimum Gasteiger partial charge on any atom is -0.480 e. The third-order valence-electron chi connectivity index (χ3n) is 3.55. The van der Waals surface area contributed by atoms with E-state index in [0.29, 0.717) is 12.8 Å². The van der Waals surface area contributed by atoms with Gasteiger partial charge >= 0.3 is 5.97 Å². The molecule has 1 aliphatic heterocycles. The Morgan fingerprint density at radius 3 is 2.58 bits per heavy atom. The normalized spacial score (nSPS) is 24.8. The second kappa shape index (κ2) is 4.31. The molecule has 1 unspecified atom stereocenters. The molecule has 1 fully saturated rings. The van der Waals surface area contributed by atoms with E-state index in [0.717, 1.165) is 4.31 Å². The van der Waals surface area contributed by atoms with Crippen molar-refractivity contribution in [1.29, 1.82) is 0 Å². The predicted octanol–water partition coefficient (Wildman–Crippen LogP) is 0.919. The van der Waals surface area contributed by atoms with E-state index in [9.17, 15) is 18.3 Å². The van der Waals surface area contributed by atoms with Crippen molar-refractivity contribution in [3.63, 3.8) is 0 Å². The fraction of sp³-hybridized carbons (Fsp3) is 0.636. The standard InChI is InChI=1S/C11H16N2O5S/c1-7-9(8(2)18-12-7)19(16,17)13-6-4-5-11(13,3)10(14)15/h4-6H2,1-3H3,(H,14,15). The first-order valence-electron chi connectivity index (χ1n) is 5.90. The molecule has 1 atom stereocenters. The summed E-state index contributed by atoms with van der Waals surface area (Å²) in [5.74, 6) is -0.961. The van der Waals surface area contributed by atoms with Gasteiger partial charge in [-0.3, -0.25) is 4.79 Å². The lowest BCUT2D eigenvalue weighted by Gasteiger charge is -2.29. The van der Waals surface area contributed by atoms with E-state index in [1.54, 1.807) is 0 Å². The van der Waals surface area contributed by atoms with E-state index in [4.69, 9.17) is 4.52 Å². The summed E-state index contributed by atoms with van der Waals surface area (Å²) < 4.78 is 31.1. The van der Waals surface area contributed by atoms with E-state index in [-0.39, 0.29) is 22.9 Å². The molecular formula is C11H16N2O5S. The molecule has 1 N–H and O–H groups in total. The molecule has 2 rings (SSSR count). The molecule has 2 heterocycles. The van der Waals surface area contributed by atoms with Crippen LogP contribution in [0.15, 0.2) is 9.42 Å². The Morgan fingerprint density at radius 1 is 1.47 bits per heavy atom. The van der Waals surface area contributed by atoms with Crippen LogP contribution in [0.4, 0.5) is 0 Å². The largest absolute Gasteiger partial charge is 0.480 e. The molecule has 7 nitrogen and oxygen atoms in total. The molecule has 106 valence electrons. The second-order valence-corrected chi connectivity index (χ2v) is 6.71. The van der Waals surface area contributed by atoms with Gasteiger partial charge in [0.15, 0.2) is 5.76 Å². The van der Waals surface area contributed by atoms with Crippen LogP contribution in [0, 0.1) is 13.8 Å². The Bertz CT molecular complexity index is 602. The first-order valence-corrected chi connectivity index (χ1v) is 7.34. The van der Waals surface area contributed by atoms with Crippen molar-refractivity contribution in [3.8, 4) is 0 Å². The van der Waals surface area contributed by atoms with Gasteiger partial charge in [0.1, 0.15) is 16.1 Å². The third kappa shape index (κ3) is 1.95. The lowest BCUT2D eigenvalue weighted by molar-refractivity contribution is -0.146. The summed E-state index contributed by atoms with van der Waals surface area (Å²) in [6.07, 6.45) is 0.816. The van der Waals surface area contributed by atoms with E-state index in [1.807, 2.05) is 0 Å². The topological polar surface area (TPSA) is 101 Å². The maximum Gasteiger partial charge on any atom is 0.324 e. The van der Waals surface area contributed by atoms with Crippen molar-refractivity contribution in [3.05, 3.63) is 11.5 Å². The highest BCUT2D eigenvalue weighted by molar-refractivity contribution is 7.89. The van der Waals surface area contributed by atoms with Crippen molar-refractivity contribution < 1.29 is 22.8 Å². The highest BCUT2D eigenvalue weighted by Crippen LogP contribution is 2.36. The van der Waals surface area contributed by atoms with Crippen molar-refractivity contribution in [2.75, 3.05) is 6.54 Å². The molecule has 0 radical (unpaired) electrons. The molecule has 0 saturated carbocycles. The average molecular weight is 288 g/mol. The monoisotopic (exact) mass is 288 g/mol. The molecule has 1 aliphatic rings. The zero-order chi connectivity index (χ0) is 14.4. The van der Waals surface area contributed by atoms with Crippen LogP contribution < -0.4 is 0 Å². The summed E-state index contributed by atoms with van der Waals surface area (Å²) in [7, 11) is -3.91. The lowest BCUT2D eigenvalue weighted by Crippen LogP contribution is -2.50. The van der Waals surface area contributed by atoms with Gasteiger partial charge in [-0.2, -0.15) is 4.31 Å². The van der Waals surface area contributed by atoms with Gasteiger partial charge in [0.25, 0.3) is 0 Å². The molecule has 19 heavy (non-hydrogen) atoms. The van der Waals surface area contributed by atoms with Crippen LogP contribution in [0.25, 0.3) is 0 Å². The Morgan fingerprint density at radius 2 is 2.11 bits per heavy atom. The maximum absolute atomic E-state index is 12.6. The van der Waals surface area contributed by atoms with Crippen LogP contribution in [0.5, 0.6) is 0 Å². The predicted molar refractivity (Wildman–Crippen MR) is 65.1 cm³/mol. The highest BCUT2D eigenvalue weighted by atomic mass is 32.2. The zero-order valence-electron chi connectivity index (χ0n) is 11.0. The summed E-state index contributed by atoms with van der Waals surface area (Å²) in [5, 5.41) is 12.9. The molecule has 1 aromatic rings.